The molecule has 0 radical (unpaired) electrons. The van der Waals surface area contributed by atoms with E-state index in [1.54, 1.807) is 29.1 Å². The van der Waals surface area contributed by atoms with Crippen molar-refractivity contribution in [3.63, 3.8) is 0 Å². The van der Waals surface area contributed by atoms with Gasteiger partial charge in [-0.3, -0.25) is 0 Å². The van der Waals surface area contributed by atoms with Crippen LogP contribution in [0, 0.1) is 19.8 Å². The number of alkyl halides is 3. The van der Waals surface area contributed by atoms with E-state index in [0.29, 0.717) is 52.5 Å². The number of hydrogen-bond acceptors (Lipinski definition) is 6. The van der Waals surface area contributed by atoms with Crippen LogP contribution in [-0.2, 0) is 13.0 Å². The van der Waals surface area contributed by atoms with Gasteiger partial charge in [0.2, 0.25) is 0 Å². The molecule has 188 valence electrons. The maximum atomic E-state index is 12.6. The van der Waals surface area contributed by atoms with Gasteiger partial charge < -0.3 is 10.5 Å². The number of rotatable bonds is 5. The van der Waals surface area contributed by atoms with E-state index in [2.05, 4.69) is 19.8 Å². The van der Waals surface area contributed by atoms with E-state index in [9.17, 15) is 13.2 Å². The average Bonchev–Trinajstić information content (AvgIpc) is 3.50. The Morgan fingerprint density at radius 2 is 1.86 bits per heavy atom. The Kier molecular flexibility index (Phi) is 6.11. The fourth-order valence-corrected chi connectivity index (χ4v) is 4.16. The number of aromatic nitrogens is 4. The Bertz CT molecular complexity index is 1400. The highest BCUT2D eigenvalue weighted by atomic mass is 35.5. The normalized spacial score (nSPS) is 19.8. The molecule has 0 amide bonds. The minimum absolute atomic E-state index is 0.214. The predicted molar refractivity (Wildman–Crippen MR) is 132 cm³/mol. The molecule has 1 saturated carbocycles. The lowest BCUT2D eigenvalue weighted by Crippen LogP contribution is -2.16. The molecule has 0 bridgehead atoms. The number of hydrogen-bond donors (Lipinski definition) is 1. The van der Waals surface area contributed by atoms with Crippen molar-refractivity contribution in [2.24, 2.45) is 21.6 Å². The third-order valence-corrected chi connectivity index (χ3v) is 6.51. The molecule has 0 spiro atoms. The van der Waals surface area contributed by atoms with Crippen LogP contribution in [0.1, 0.15) is 29.8 Å². The number of fused-ring (bicyclic) bond motifs is 1. The van der Waals surface area contributed by atoms with Gasteiger partial charge in [-0.05, 0) is 56.9 Å². The molecule has 0 saturated heterocycles. The van der Waals surface area contributed by atoms with Crippen molar-refractivity contribution in [2.75, 3.05) is 0 Å². The van der Waals surface area contributed by atoms with Crippen LogP contribution in [0.2, 0.25) is 5.02 Å². The van der Waals surface area contributed by atoms with Gasteiger partial charge in [-0.1, -0.05) is 11.6 Å². The van der Waals surface area contributed by atoms with Crippen molar-refractivity contribution < 1.29 is 17.9 Å². The molecule has 12 heteroatoms. The molecule has 1 aromatic carbocycles. The van der Waals surface area contributed by atoms with Gasteiger partial charge >= 0.3 is 6.36 Å². The number of benzene rings is 1. The second-order valence-electron chi connectivity index (χ2n) is 8.80. The first kappa shape index (κ1) is 24.1. The molecule has 1 aliphatic carbocycles. The first-order valence-electron chi connectivity index (χ1n) is 11.4. The molecule has 2 N–H and O–H groups in total. The zero-order valence-electron chi connectivity index (χ0n) is 19.6. The largest absolute Gasteiger partial charge is 0.573 e. The second-order valence-corrected chi connectivity index (χ2v) is 9.18. The topological polar surface area (TPSA) is 95.6 Å². The number of nitrogens with zero attached hydrogens (tertiary/aromatic N) is 6. The zero-order valence-corrected chi connectivity index (χ0v) is 20.3. The van der Waals surface area contributed by atoms with Crippen LogP contribution in [0.4, 0.5) is 19.0 Å². The van der Waals surface area contributed by atoms with Crippen LogP contribution < -0.4 is 10.5 Å². The summed E-state index contributed by atoms with van der Waals surface area (Å²) in [6.07, 6.45) is 1.17. The molecule has 1 fully saturated rings. The summed E-state index contributed by atoms with van der Waals surface area (Å²) in [4.78, 5) is 9.26. The molecule has 2 aromatic heterocycles. The third kappa shape index (κ3) is 5.01. The number of amidine groups is 1. The number of aliphatic imine (C=N–C) groups is 2. The first-order valence-corrected chi connectivity index (χ1v) is 11.7. The van der Waals surface area contributed by atoms with E-state index >= 15 is 0 Å². The SMILES string of the molecule is Cc1nn(C2=C/C(N)=N/c3c(c(-c4ccc(OC(F)(F)F)cc4)nn3CC3CC3)C/C=N\2)c(C)c1Cl. The van der Waals surface area contributed by atoms with Crippen LogP contribution in [0.5, 0.6) is 5.75 Å². The Morgan fingerprint density at radius 1 is 1.14 bits per heavy atom. The zero-order chi connectivity index (χ0) is 25.6. The van der Waals surface area contributed by atoms with Crippen LogP contribution in [0.3, 0.4) is 0 Å². The van der Waals surface area contributed by atoms with Gasteiger partial charge in [0.05, 0.1) is 22.1 Å². The summed E-state index contributed by atoms with van der Waals surface area (Å²) < 4.78 is 45.2. The van der Waals surface area contributed by atoms with Gasteiger partial charge in [-0.2, -0.15) is 10.2 Å². The number of ether oxygens (including phenoxy) is 1. The fraction of sp³-hybridized carbons (Fsp3) is 0.333. The van der Waals surface area contributed by atoms with E-state index in [1.807, 2.05) is 18.5 Å². The second kappa shape index (κ2) is 9.12. The lowest BCUT2D eigenvalue weighted by atomic mass is 10.1. The fourth-order valence-electron chi connectivity index (χ4n) is 4.04. The van der Waals surface area contributed by atoms with Crippen molar-refractivity contribution >= 4 is 35.3 Å². The summed E-state index contributed by atoms with van der Waals surface area (Å²) >= 11 is 6.32. The van der Waals surface area contributed by atoms with Crippen molar-refractivity contribution in [1.29, 1.82) is 0 Å². The summed E-state index contributed by atoms with van der Waals surface area (Å²) in [6, 6.07) is 5.62. The molecule has 3 aromatic rings. The van der Waals surface area contributed by atoms with Gasteiger partial charge in [0.25, 0.3) is 0 Å². The Morgan fingerprint density at radius 3 is 2.47 bits per heavy atom. The minimum atomic E-state index is -4.76. The van der Waals surface area contributed by atoms with E-state index in [-0.39, 0.29) is 11.6 Å². The monoisotopic (exact) mass is 517 g/mol. The highest BCUT2D eigenvalue weighted by Gasteiger charge is 2.31. The Labute approximate surface area is 209 Å². The van der Waals surface area contributed by atoms with Gasteiger partial charge in [0.15, 0.2) is 11.6 Å². The molecule has 0 atom stereocenters. The summed E-state index contributed by atoms with van der Waals surface area (Å²) in [7, 11) is 0. The summed E-state index contributed by atoms with van der Waals surface area (Å²) in [5.41, 5.74) is 9.72. The van der Waals surface area contributed by atoms with Gasteiger partial charge in [0, 0.05) is 36.4 Å². The van der Waals surface area contributed by atoms with E-state index in [1.165, 1.54) is 12.1 Å². The number of halogens is 4. The quantitative estimate of drug-likeness (QED) is 0.487. The van der Waals surface area contributed by atoms with Crippen molar-refractivity contribution in [3.8, 4) is 17.0 Å². The minimum Gasteiger partial charge on any atom is -0.406 e. The summed E-state index contributed by atoms with van der Waals surface area (Å²) in [5.74, 6) is 1.48. The summed E-state index contributed by atoms with van der Waals surface area (Å²) in [6.45, 7) is 4.32. The van der Waals surface area contributed by atoms with Gasteiger partial charge in [-0.15, -0.1) is 13.2 Å². The molecular weight excluding hydrogens is 495 g/mol. The summed E-state index contributed by atoms with van der Waals surface area (Å²) in [5, 5.41) is 9.78. The van der Waals surface area contributed by atoms with Gasteiger partial charge in [-0.25, -0.2) is 19.3 Å². The average molecular weight is 518 g/mol. The van der Waals surface area contributed by atoms with Gasteiger partial charge in [0.1, 0.15) is 11.6 Å². The predicted octanol–water partition coefficient (Wildman–Crippen LogP) is 5.44. The van der Waals surface area contributed by atoms with Crippen molar-refractivity contribution in [3.05, 3.63) is 52.3 Å². The molecule has 8 nitrogen and oxygen atoms in total. The smallest absolute Gasteiger partial charge is 0.406 e. The third-order valence-electron chi connectivity index (χ3n) is 5.96. The highest BCUT2D eigenvalue weighted by molar-refractivity contribution is 6.31. The van der Waals surface area contributed by atoms with Crippen LogP contribution >= 0.6 is 11.6 Å². The molecule has 0 unspecified atom stereocenters. The van der Waals surface area contributed by atoms with Crippen LogP contribution in [0.25, 0.3) is 17.1 Å². The van der Waals surface area contributed by atoms with E-state index < -0.39 is 6.36 Å². The molecular formula is C24H23ClF3N7O. The molecule has 36 heavy (non-hydrogen) atoms. The first-order chi connectivity index (χ1) is 17.1. The van der Waals surface area contributed by atoms with E-state index in [4.69, 9.17) is 22.4 Å². The maximum Gasteiger partial charge on any atom is 0.573 e. The lowest BCUT2D eigenvalue weighted by Gasteiger charge is -2.09. The number of nitrogens with two attached hydrogens (primary N) is 1. The van der Waals surface area contributed by atoms with E-state index in [0.717, 1.165) is 24.1 Å². The molecule has 3 heterocycles. The standard InChI is InChI=1S/C24H23ClF3N7O/c1-13-21(25)14(2)35(32-13)20-11-19(29)31-23-18(9-10-30-20)22(33-34(23)12-15-3-4-15)16-5-7-17(8-6-16)36-24(26,27)28/h5-8,10-11,15H,3-4,9,12H2,1-2H3,(H2,29,31)/b20-11+,30-10-. The molecule has 2 aliphatic rings. The van der Waals surface area contributed by atoms with Crippen LogP contribution in [0.15, 0.2) is 40.3 Å². The van der Waals surface area contributed by atoms with Crippen molar-refractivity contribution in [2.45, 2.75) is 46.0 Å². The maximum absolute atomic E-state index is 12.6. The Hall–Kier alpha value is -3.60. The number of aryl methyl sites for hydroxylation is 1. The highest BCUT2D eigenvalue weighted by Crippen LogP contribution is 2.37. The molecule has 1 aliphatic heterocycles. The Balaban J connectivity index is 1.56. The lowest BCUT2D eigenvalue weighted by molar-refractivity contribution is -0.274. The van der Waals surface area contributed by atoms with Crippen molar-refractivity contribution in [1.82, 2.24) is 19.6 Å². The van der Waals surface area contributed by atoms with Crippen LogP contribution in [-0.4, -0.2) is 38.0 Å². The molecule has 5 rings (SSSR count).